The third-order valence-corrected chi connectivity index (χ3v) is 7.11. The number of aromatic nitrogens is 1. The molecule has 1 heterocycles. The quantitative estimate of drug-likeness (QED) is 0.726. The van der Waals surface area contributed by atoms with E-state index in [1.165, 1.54) is 29.5 Å². The van der Waals surface area contributed by atoms with E-state index in [9.17, 15) is 17.2 Å². The van der Waals surface area contributed by atoms with Crippen molar-refractivity contribution in [3.63, 3.8) is 0 Å². The van der Waals surface area contributed by atoms with Crippen LogP contribution in [0.25, 0.3) is 10.2 Å². The van der Waals surface area contributed by atoms with Gasteiger partial charge in [0.15, 0.2) is 5.82 Å². The summed E-state index contributed by atoms with van der Waals surface area (Å²) in [5.74, 6) is -1.10. The van der Waals surface area contributed by atoms with Gasteiger partial charge in [-0.2, -0.15) is 0 Å². The molecule has 2 aromatic carbocycles. The fraction of sp³-hybridized carbons (Fsp3) is 0.278. The predicted molar refractivity (Wildman–Crippen MR) is 96.6 cm³/mol. The molecular weight excluding hydrogens is 378 g/mol. The van der Waals surface area contributed by atoms with Crippen LogP contribution in [0.2, 0.25) is 0 Å². The Bertz CT molecular complexity index is 1120. The van der Waals surface area contributed by atoms with Crippen LogP contribution in [0.5, 0.6) is 0 Å². The van der Waals surface area contributed by atoms with E-state index < -0.39 is 21.7 Å². The van der Waals surface area contributed by atoms with Gasteiger partial charge in [0, 0.05) is 12.0 Å². The van der Waals surface area contributed by atoms with Crippen LogP contribution in [0.15, 0.2) is 41.3 Å². The van der Waals surface area contributed by atoms with Crippen LogP contribution in [0.3, 0.4) is 0 Å². The maximum absolute atomic E-state index is 13.9. The van der Waals surface area contributed by atoms with Crippen molar-refractivity contribution in [1.82, 2.24) is 4.98 Å². The van der Waals surface area contributed by atoms with Gasteiger partial charge in [0.05, 0.1) is 14.6 Å². The molecule has 0 amide bonds. The molecule has 1 aliphatic rings. The molecule has 26 heavy (non-hydrogen) atoms. The van der Waals surface area contributed by atoms with Crippen LogP contribution in [-0.4, -0.2) is 13.4 Å². The minimum Gasteiger partial charge on any atom is -0.238 e. The number of sulfonamides is 1. The molecule has 0 spiro atoms. The molecule has 0 unspecified atom stereocenters. The lowest BCUT2D eigenvalue weighted by Gasteiger charge is -2.04. The molecule has 136 valence electrons. The number of halogens is 2. The van der Waals surface area contributed by atoms with E-state index in [1.807, 2.05) is 0 Å². The fourth-order valence-electron chi connectivity index (χ4n) is 3.69. The Kier molecular flexibility index (Phi) is 3.74. The topological polar surface area (TPSA) is 73.1 Å². The van der Waals surface area contributed by atoms with Crippen LogP contribution in [0, 0.1) is 17.0 Å². The van der Waals surface area contributed by atoms with Gasteiger partial charge in [-0.05, 0) is 35.1 Å². The second-order valence-corrected chi connectivity index (χ2v) is 9.80. The average molecular weight is 394 g/mol. The molecule has 1 aromatic heterocycles. The first-order valence-corrected chi connectivity index (χ1v) is 10.3. The molecule has 0 bridgehead atoms. The molecule has 2 N–H and O–H groups in total. The lowest BCUT2D eigenvalue weighted by Crippen LogP contribution is -2.11. The number of nitrogens with two attached hydrogens (primary N) is 1. The van der Waals surface area contributed by atoms with E-state index in [2.05, 4.69) is 18.8 Å². The first kappa shape index (κ1) is 17.5. The zero-order valence-corrected chi connectivity index (χ0v) is 15.7. The summed E-state index contributed by atoms with van der Waals surface area (Å²) in [7, 11) is -3.73. The van der Waals surface area contributed by atoms with E-state index in [0.29, 0.717) is 4.70 Å². The Morgan fingerprint density at radius 2 is 1.77 bits per heavy atom. The number of benzene rings is 2. The largest absolute Gasteiger partial charge is 0.238 e. The molecule has 1 aliphatic carbocycles. The standard InChI is InChI=1S/C18H16F2N2O2S2/c1-18(2)14(9-3-5-11(6-4-9)26(21,23)24)15(18)17-22-16-12(20)7-10(19)8-13(16)25-17/h3-8,14-15H,1-2H3,(H2,21,23,24)/t14-,15+/m0/s1. The molecule has 8 heteroatoms. The molecule has 4 nitrogen and oxygen atoms in total. The molecular formula is C18H16F2N2O2S2. The monoisotopic (exact) mass is 394 g/mol. The molecule has 0 saturated heterocycles. The predicted octanol–water partition coefficient (Wildman–Crippen LogP) is 4.13. The van der Waals surface area contributed by atoms with Gasteiger partial charge in [0.1, 0.15) is 11.3 Å². The van der Waals surface area contributed by atoms with E-state index in [0.717, 1.165) is 16.6 Å². The molecule has 3 aromatic rings. The summed E-state index contributed by atoms with van der Waals surface area (Å²) < 4.78 is 50.7. The summed E-state index contributed by atoms with van der Waals surface area (Å²) in [5, 5.41) is 5.90. The highest BCUT2D eigenvalue weighted by Crippen LogP contribution is 2.70. The first-order valence-electron chi connectivity index (χ1n) is 7.97. The van der Waals surface area contributed by atoms with Crippen LogP contribution in [0.1, 0.15) is 36.3 Å². The summed E-state index contributed by atoms with van der Waals surface area (Å²) >= 11 is 1.30. The van der Waals surface area contributed by atoms with Crippen molar-refractivity contribution in [2.24, 2.45) is 10.6 Å². The summed E-state index contributed by atoms with van der Waals surface area (Å²) in [5.41, 5.74) is 1.04. The summed E-state index contributed by atoms with van der Waals surface area (Å²) in [4.78, 5) is 4.47. The maximum atomic E-state index is 13.9. The number of nitrogens with zero attached hydrogens (tertiary/aromatic N) is 1. The smallest absolute Gasteiger partial charge is 0.238 e. The summed E-state index contributed by atoms with van der Waals surface area (Å²) in [6.07, 6.45) is 0. The van der Waals surface area contributed by atoms with E-state index >= 15 is 0 Å². The number of hydrogen-bond donors (Lipinski definition) is 1. The van der Waals surface area contributed by atoms with Crippen LogP contribution in [0.4, 0.5) is 8.78 Å². The van der Waals surface area contributed by atoms with Crippen molar-refractivity contribution in [1.29, 1.82) is 0 Å². The average Bonchev–Trinajstić information content (AvgIpc) is 2.88. The van der Waals surface area contributed by atoms with Crippen molar-refractivity contribution in [2.45, 2.75) is 30.6 Å². The lowest BCUT2D eigenvalue weighted by molar-refractivity contribution is 0.589. The summed E-state index contributed by atoms with van der Waals surface area (Å²) in [6.45, 7) is 4.16. The Morgan fingerprint density at radius 1 is 1.12 bits per heavy atom. The minimum absolute atomic E-state index is 0.0581. The highest BCUT2D eigenvalue weighted by Gasteiger charge is 2.60. The number of primary sulfonamides is 1. The SMILES string of the molecule is CC1(C)[C@@H](c2ccc(S(N)(=O)=O)cc2)[C@@H]1c1nc2c(F)cc(F)cc2s1. The van der Waals surface area contributed by atoms with Gasteiger partial charge in [-0.1, -0.05) is 26.0 Å². The zero-order valence-electron chi connectivity index (χ0n) is 14.0. The van der Waals surface area contributed by atoms with E-state index in [4.69, 9.17) is 5.14 Å². The van der Waals surface area contributed by atoms with Gasteiger partial charge >= 0.3 is 0 Å². The second-order valence-electron chi connectivity index (χ2n) is 7.18. The zero-order chi connectivity index (χ0) is 18.9. The third-order valence-electron chi connectivity index (χ3n) is 5.09. The Labute approximate surface area is 153 Å². The second kappa shape index (κ2) is 5.55. The van der Waals surface area contributed by atoms with Gasteiger partial charge in [0.2, 0.25) is 10.0 Å². The molecule has 2 atom stereocenters. The molecule has 1 fully saturated rings. The number of fused-ring (bicyclic) bond motifs is 1. The van der Waals surface area contributed by atoms with Crippen LogP contribution < -0.4 is 5.14 Å². The van der Waals surface area contributed by atoms with Crippen molar-refractivity contribution in [2.75, 3.05) is 0 Å². The van der Waals surface area contributed by atoms with Gasteiger partial charge in [-0.15, -0.1) is 11.3 Å². The highest BCUT2D eigenvalue weighted by atomic mass is 32.2. The van der Waals surface area contributed by atoms with Gasteiger partial charge in [-0.3, -0.25) is 0 Å². The third kappa shape index (κ3) is 2.72. The van der Waals surface area contributed by atoms with Crippen LogP contribution >= 0.6 is 11.3 Å². The Hall–Kier alpha value is -1.90. The maximum Gasteiger partial charge on any atom is 0.238 e. The van der Waals surface area contributed by atoms with Crippen molar-refractivity contribution in [3.8, 4) is 0 Å². The van der Waals surface area contributed by atoms with Gasteiger partial charge in [0.25, 0.3) is 0 Å². The molecule has 0 aliphatic heterocycles. The normalized spacial score (nSPS) is 21.9. The Balaban J connectivity index is 1.71. The molecule has 4 rings (SSSR count). The first-order chi connectivity index (χ1) is 12.1. The minimum atomic E-state index is -3.73. The number of rotatable bonds is 3. The fourth-order valence-corrected chi connectivity index (χ4v) is 5.55. The number of thiazole rings is 1. The Morgan fingerprint density at radius 3 is 2.38 bits per heavy atom. The summed E-state index contributed by atoms with van der Waals surface area (Å²) in [6, 6.07) is 8.62. The highest BCUT2D eigenvalue weighted by molar-refractivity contribution is 7.89. The number of hydrogen-bond acceptors (Lipinski definition) is 4. The molecule has 0 radical (unpaired) electrons. The van der Waals surface area contributed by atoms with Gasteiger partial charge < -0.3 is 0 Å². The van der Waals surface area contributed by atoms with Crippen molar-refractivity contribution in [3.05, 3.63) is 58.6 Å². The van der Waals surface area contributed by atoms with E-state index in [1.54, 1.807) is 12.1 Å². The van der Waals surface area contributed by atoms with Crippen molar-refractivity contribution < 1.29 is 17.2 Å². The van der Waals surface area contributed by atoms with Crippen LogP contribution in [-0.2, 0) is 10.0 Å². The molecule has 1 saturated carbocycles. The van der Waals surface area contributed by atoms with Crippen molar-refractivity contribution >= 4 is 31.6 Å². The van der Waals surface area contributed by atoms with Gasteiger partial charge in [-0.25, -0.2) is 27.3 Å². The lowest BCUT2D eigenvalue weighted by atomic mass is 10.0. The van der Waals surface area contributed by atoms with E-state index in [-0.39, 0.29) is 27.7 Å².